The van der Waals surface area contributed by atoms with Crippen LogP contribution in [0.3, 0.4) is 0 Å². The Morgan fingerprint density at radius 1 is 1.47 bits per heavy atom. The zero-order chi connectivity index (χ0) is 11.3. The third-order valence-corrected chi connectivity index (χ3v) is 3.24. The Hall–Kier alpha value is -0.450. The van der Waals surface area contributed by atoms with E-state index in [1.807, 2.05) is 11.7 Å². The van der Waals surface area contributed by atoms with E-state index in [4.69, 9.17) is 0 Å². The maximum Gasteiger partial charge on any atom is 0.0794 e. The lowest BCUT2D eigenvalue weighted by Crippen LogP contribution is -2.29. The maximum absolute atomic E-state index is 9.69. The highest BCUT2D eigenvalue weighted by atomic mass is 32.1. The van der Waals surface area contributed by atoms with Crippen molar-refractivity contribution in [1.82, 2.24) is 10.3 Å². The van der Waals surface area contributed by atoms with Crippen LogP contribution in [0.4, 0.5) is 0 Å². The number of nitrogens with one attached hydrogen (secondary N) is 1. The molecule has 15 heavy (non-hydrogen) atoms. The van der Waals surface area contributed by atoms with Crippen molar-refractivity contribution < 1.29 is 5.11 Å². The van der Waals surface area contributed by atoms with Gasteiger partial charge in [-0.3, -0.25) is 4.98 Å². The van der Waals surface area contributed by atoms with Crippen molar-refractivity contribution >= 4 is 11.3 Å². The van der Waals surface area contributed by atoms with Crippen LogP contribution in [0.25, 0.3) is 0 Å². The molecule has 4 heteroatoms. The smallest absolute Gasteiger partial charge is 0.0794 e. The molecular weight excluding hydrogens is 208 g/mol. The topological polar surface area (TPSA) is 45.1 Å². The van der Waals surface area contributed by atoms with E-state index in [2.05, 4.69) is 31.1 Å². The van der Waals surface area contributed by atoms with Gasteiger partial charge < -0.3 is 10.4 Å². The zero-order valence-electron chi connectivity index (χ0n) is 9.60. The minimum absolute atomic E-state index is 0.250. The molecule has 0 amide bonds. The van der Waals surface area contributed by atoms with E-state index in [1.165, 1.54) is 4.88 Å². The second kappa shape index (κ2) is 6.20. The summed E-state index contributed by atoms with van der Waals surface area (Å²) in [5, 5.41) is 13.0. The van der Waals surface area contributed by atoms with Gasteiger partial charge in [-0.15, -0.1) is 11.3 Å². The highest BCUT2D eigenvalue weighted by Gasteiger charge is 2.10. The van der Waals surface area contributed by atoms with Crippen LogP contribution in [-0.2, 0) is 0 Å². The zero-order valence-corrected chi connectivity index (χ0v) is 10.4. The molecule has 0 bridgehead atoms. The second-order valence-corrected chi connectivity index (χ2v) is 5.24. The minimum atomic E-state index is -0.250. The van der Waals surface area contributed by atoms with Gasteiger partial charge in [-0.05, 0) is 19.3 Å². The van der Waals surface area contributed by atoms with Gasteiger partial charge in [0.15, 0.2) is 0 Å². The van der Waals surface area contributed by atoms with E-state index in [-0.39, 0.29) is 12.1 Å². The molecular formula is C11H20N2OS. The number of nitrogens with zero attached hydrogens (tertiary/aromatic N) is 1. The number of rotatable bonds is 6. The van der Waals surface area contributed by atoms with E-state index in [9.17, 15) is 5.11 Å². The van der Waals surface area contributed by atoms with Crippen molar-refractivity contribution in [2.24, 2.45) is 5.92 Å². The summed E-state index contributed by atoms with van der Waals surface area (Å²) in [7, 11) is 0. The summed E-state index contributed by atoms with van der Waals surface area (Å²) in [5.74, 6) is 0.542. The van der Waals surface area contributed by atoms with E-state index >= 15 is 0 Å². The highest BCUT2D eigenvalue weighted by molar-refractivity contribution is 7.09. The van der Waals surface area contributed by atoms with Crippen molar-refractivity contribution in [3.05, 3.63) is 16.6 Å². The van der Waals surface area contributed by atoms with Crippen LogP contribution in [0.5, 0.6) is 0 Å². The van der Waals surface area contributed by atoms with Crippen molar-refractivity contribution in [2.75, 3.05) is 6.54 Å². The molecule has 2 atom stereocenters. The van der Waals surface area contributed by atoms with Crippen LogP contribution >= 0.6 is 11.3 Å². The van der Waals surface area contributed by atoms with Gasteiger partial charge in [-0.2, -0.15) is 0 Å². The van der Waals surface area contributed by atoms with Gasteiger partial charge in [0.1, 0.15) is 0 Å². The molecule has 0 fully saturated rings. The van der Waals surface area contributed by atoms with Crippen LogP contribution in [-0.4, -0.2) is 22.7 Å². The molecule has 1 aromatic rings. The van der Waals surface area contributed by atoms with Crippen LogP contribution in [0.15, 0.2) is 11.7 Å². The van der Waals surface area contributed by atoms with E-state index in [0.29, 0.717) is 12.5 Å². The standard InChI is InChI=1S/C11H20N2OS/c1-8(2)4-10(14)5-13-9(3)11-6-12-7-15-11/h6-10,13-14H,4-5H2,1-3H3. The lowest BCUT2D eigenvalue weighted by Gasteiger charge is -2.17. The fraction of sp³-hybridized carbons (Fsp3) is 0.727. The summed E-state index contributed by atoms with van der Waals surface area (Å²) >= 11 is 1.64. The molecule has 2 unspecified atom stereocenters. The number of aliphatic hydroxyl groups is 1. The van der Waals surface area contributed by atoms with Gasteiger partial charge in [0.2, 0.25) is 0 Å². The Kier molecular flexibility index (Phi) is 5.22. The molecule has 0 saturated heterocycles. The Balaban J connectivity index is 2.25. The molecule has 0 aliphatic rings. The highest BCUT2D eigenvalue weighted by Crippen LogP contribution is 2.16. The third kappa shape index (κ3) is 4.73. The Morgan fingerprint density at radius 2 is 2.20 bits per heavy atom. The van der Waals surface area contributed by atoms with Gasteiger partial charge >= 0.3 is 0 Å². The molecule has 86 valence electrons. The predicted octanol–water partition coefficient (Wildman–Crippen LogP) is 2.20. The van der Waals surface area contributed by atoms with Crippen molar-refractivity contribution in [3.8, 4) is 0 Å². The number of hydrogen-bond acceptors (Lipinski definition) is 4. The quantitative estimate of drug-likeness (QED) is 0.784. The average molecular weight is 228 g/mol. The largest absolute Gasteiger partial charge is 0.392 e. The molecule has 1 heterocycles. The molecule has 1 aromatic heterocycles. The van der Waals surface area contributed by atoms with Gasteiger partial charge in [0.25, 0.3) is 0 Å². The summed E-state index contributed by atoms with van der Waals surface area (Å²) in [6, 6.07) is 0.277. The van der Waals surface area contributed by atoms with Crippen LogP contribution < -0.4 is 5.32 Å². The van der Waals surface area contributed by atoms with Gasteiger partial charge in [-0.1, -0.05) is 13.8 Å². The lowest BCUT2D eigenvalue weighted by molar-refractivity contribution is 0.143. The summed E-state index contributed by atoms with van der Waals surface area (Å²) in [6.07, 6.45) is 2.47. The number of thiazole rings is 1. The SMILES string of the molecule is CC(C)CC(O)CNC(C)c1cncs1. The molecule has 0 aliphatic heterocycles. The van der Waals surface area contributed by atoms with Gasteiger partial charge in [0, 0.05) is 23.7 Å². The molecule has 0 saturated carbocycles. The monoisotopic (exact) mass is 228 g/mol. The normalized spacial score (nSPS) is 15.5. The van der Waals surface area contributed by atoms with E-state index in [1.54, 1.807) is 11.3 Å². The van der Waals surface area contributed by atoms with E-state index in [0.717, 1.165) is 6.42 Å². The van der Waals surface area contributed by atoms with Crippen molar-refractivity contribution in [1.29, 1.82) is 0 Å². The van der Waals surface area contributed by atoms with Crippen LogP contribution in [0, 0.1) is 5.92 Å². The molecule has 2 N–H and O–H groups in total. The first-order chi connectivity index (χ1) is 7.09. The average Bonchev–Trinajstić information content (AvgIpc) is 2.65. The number of aliphatic hydroxyl groups excluding tert-OH is 1. The molecule has 0 aromatic carbocycles. The van der Waals surface area contributed by atoms with Crippen molar-refractivity contribution in [2.45, 2.75) is 39.3 Å². The summed E-state index contributed by atoms with van der Waals surface area (Å²) < 4.78 is 0. The molecule has 0 radical (unpaired) electrons. The first-order valence-electron chi connectivity index (χ1n) is 5.39. The Bertz CT molecular complexity index is 262. The third-order valence-electron chi connectivity index (χ3n) is 2.28. The van der Waals surface area contributed by atoms with Gasteiger partial charge in [-0.25, -0.2) is 0 Å². The van der Waals surface area contributed by atoms with Crippen LogP contribution in [0.1, 0.15) is 38.1 Å². The minimum Gasteiger partial charge on any atom is -0.392 e. The van der Waals surface area contributed by atoms with Gasteiger partial charge in [0.05, 0.1) is 11.6 Å². The summed E-state index contributed by atoms with van der Waals surface area (Å²) in [4.78, 5) is 5.25. The van der Waals surface area contributed by atoms with Crippen LogP contribution in [0.2, 0.25) is 0 Å². The maximum atomic E-state index is 9.69. The number of hydrogen-bond donors (Lipinski definition) is 2. The van der Waals surface area contributed by atoms with Crippen molar-refractivity contribution in [3.63, 3.8) is 0 Å². The fourth-order valence-corrected chi connectivity index (χ4v) is 2.13. The predicted molar refractivity (Wildman–Crippen MR) is 64.0 cm³/mol. The summed E-state index contributed by atoms with van der Waals surface area (Å²) in [6.45, 7) is 6.98. The Labute approximate surface area is 95.6 Å². The molecule has 1 rings (SSSR count). The molecule has 0 aliphatic carbocycles. The molecule has 3 nitrogen and oxygen atoms in total. The van der Waals surface area contributed by atoms with E-state index < -0.39 is 0 Å². The second-order valence-electron chi connectivity index (χ2n) is 4.32. The fourth-order valence-electron chi connectivity index (χ4n) is 1.48. The Morgan fingerprint density at radius 3 is 2.73 bits per heavy atom. The first kappa shape index (κ1) is 12.6. The summed E-state index contributed by atoms with van der Waals surface area (Å²) in [5.41, 5.74) is 1.83. The first-order valence-corrected chi connectivity index (χ1v) is 6.27. The number of aromatic nitrogens is 1. The molecule has 0 spiro atoms. The lowest BCUT2D eigenvalue weighted by atomic mass is 10.1.